The van der Waals surface area contributed by atoms with Gasteiger partial charge in [-0.05, 0) is 48.8 Å². The number of fused-ring (bicyclic) bond motifs is 1. The van der Waals surface area contributed by atoms with Crippen LogP contribution in [0.5, 0.6) is 0 Å². The number of anilines is 2. The topological polar surface area (TPSA) is 54.8 Å². The van der Waals surface area contributed by atoms with Crippen molar-refractivity contribution in [2.75, 3.05) is 10.6 Å². The first kappa shape index (κ1) is 18.4. The Labute approximate surface area is 173 Å². The summed E-state index contributed by atoms with van der Waals surface area (Å²) in [5, 5.41) is 13.9. The first-order valence-corrected chi connectivity index (χ1v) is 9.67. The number of halogens is 1. The van der Waals surface area contributed by atoms with Crippen LogP contribution in [0.2, 0.25) is 5.02 Å². The fraction of sp³-hybridized carbons (Fsp3) is 0.0952. The van der Waals surface area contributed by atoms with E-state index in [-0.39, 0.29) is 0 Å². The second kappa shape index (κ2) is 7.96. The van der Waals surface area contributed by atoms with Gasteiger partial charge < -0.3 is 10.6 Å². The maximum absolute atomic E-state index is 6.49. The summed E-state index contributed by atoms with van der Waals surface area (Å²) in [5.74, 6) is 0. The molecule has 140 valence electrons. The molecule has 0 fully saturated rings. The molecular weight excluding hydrogens is 390 g/mol. The lowest BCUT2D eigenvalue weighted by molar-refractivity contribution is 0.660. The van der Waals surface area contributed by atoms with Crippen molar-refractivity contribution < 1.29 is 0 Å². The van der Waals surface area contributed by atoms with Gasteiger partial charge in [-0.25, -0.2) is 0 Å². The summed E-state index contributed by atoms with van der Waals surface area (Å²) in [6.07, 6.45) is 5.44. The van der Waals surface area contributed by atoms with Crippen molar-refractivity contribution in [3.05, 3.63) is 72.1 Å². The molecule has 0 amide bonds. The van der Waals surface area contributed by atoms with Gasteiger partial charge in [-0.1, -0.05) is 35.9 Å². The molecule has 5 nitrogen and oxygen atoms in total. The Balaban J connectivity index is 1.61. The van der Waals surface area contributed by atoms with Gasteiger partial charge in [0.25, 0.3) is 0 Å². The van der Waals surface area contributed by atoms with Crippen LogP contribution in [0.25, 0.3) is 22.0 Å². The number of thiocarbonyl (C=S) groups is 1. The van der Waals surface area contributed by atoms with Crippen molar-refractivity contribution in [1.82, 2.24) is 14.8 Å². The molecule has 0 aliphatic carbocycles. The quantitative estimate of drug-likeness (QED) is 0.432. The highest BCUT2D eigenvalue weighted by atomic mass is 35.5. The monoisotopic (exact) mass is 407 g/mol. The van der Waals surface area contributed by atoms with Crippen LogP contribution in [0.15, 0.2) is 67.1 Å². The molecule has 2 heterocycles. The zero-order valence-electron chi connectivity index (χ0n) is 15.2. The van der Waals surface area contributed by atoms with Gasteiger partial charge in [0.15, 0.2) is 5.11 Å². The van der Waals surface area contributed by atoms with Crippen molar-refractivity contribution in [2.24, 2.45) is 0 Å². The van der Waals surface area contributed by atoms with Crippen LogP contribution >= 0.6 is 23.8 Å². The third-order valence-corrected chi connectivity index (χ3v) is 4.90. The van der Waals surface area contributed by atoms with Gasteiger partial charge in [0.2, 0.25) is 0 Å². The van der Waals surface area contributed by atoms with Crippen molar-refractivity contribution in [1.29, 1.82) is 0 Å². The van der Waals surface area contributed by atoms with E-state index in [1.807, 2.05) is 60.3 Å². The maximum Gasteiger partial charge on any atom is 0.175 e. The first-order chi connectivity index (χ1) is 13.6. The van der Waals surface area contributed by atoms with Gasteiger partial charge in [-0.2, -0.15) is 5.10 Å². The Hall–Kier alpha value is -2.96. The molecule has 2 aromatic heterocycles. The summed E-state index contributed by atoms with van der Waals surface area (Å²) in [4.78, 5) is 4.57. The van der Waals surface area contributed by atoms with Crippen LogP contribution in [-0.4, -0.2) is 19.9 Å². The predicted molar refractivity (Wildman–Crippen MR) is 120 cm³/mol. The fourth-order valence-corrected chi connectivity index (χ4v) is 3.46. The van der Waals surface area contributed by atoms with Gasteiger partial charge in [-0.3, -0.25) is 9.67 Å². The molecule has 4 aromatic rings. The second-order valence-electron chi connectivity index (χ2n) is 6.24. The van der Waals surface area contributed by atoms with E-state index in [1.54, 1.807) is 12.4 Å². The van der Waals surface area contributed by atoms with E-state index in [0.29, 0.717) is 10.1 Å². The lowest BCUT2D eigenvalue weighted by Gasteiger charge is -2.12. The normalized spacial score (nSPS) is 10.8. The highest BCUT2D eigenvalue weighted by molar-refractivity contribution is 7.80. The summed E-state index contributed by atoms with van der Waals surface area (Å²) in [6, 6.07) is 15.8. The van der Waals surface area contributed by atoms with Gasteiger partial charge >= 0.3 is 0 Å². The number of hydrogen-bond donors (Lipinski definition) is 2. The van der Waals surface area contributed by atoms with E-state index in [1.165, 1.54) is 0 Å². The molecule has 0 aliphatic rings. The summed E-state index contributed by atoms with van der Waals surface area (Å²) in [6.45, 7) is 2.84. The number of aromatic nitrogens is 3. The average molecular weight is 408 g/mol. The number of aryl methyl sites for hydroxylation is 1. The summed E-state index contributed by atoms with van der Waals surface area (Å²) in [5.41, 5.74) is 3.36. The highest BCUT2D eigenvalue weighted by Crippen LogP contribution is 2.33. The van der Waals surface area contributed by atoms with Gasteiger partial charge in [-0.15, -0.1) is 0 Å². The minimum Gasteiger partial charge on any atom is -0.332 e. The molecule has 0 saturated heterocycles. The summed E-state index contributed by atoms with van der Waals surface area (Å²) < 4.78 is 1.83. The van der Waals surface area contributed by atoms with Crippen LogP contribution in [0.3, 0.4) is 0 Å². The van der Waals surface area contributed by atoms with Crippen molar-refractivity contribution >= 4 is 51.1 Å². The van der Waals surface area contributed by atoms with Crippen LogP contribution in [0.4, 0.5) is 11.4 Å². The predicted octanol–water partition coefficient (Wildman–Crippen LogP) is 5.58. The number of nitrogens with zero attached hydrogens (tertiary/aromatic N) is 3. The SMILES string of the molecule is CCn1cc(NC(=S)Nc2ccc(Cl)c(-c3nccc4ccccc34)c2)cn1. The molecule has 4 rings (SSSR count). The fourth-order valence-electron chi connectivity index (χ4n) is 3.01. The summed E-state index contributed by atoms with van der Waals surface area (Å²) >= 11 is 11.9. The minimum atomic E-state index is 0.481. The van der Waals surface area contributed by atoms with E-state index < -0.39 is 0 Å². The number of pyridine rings is 1. The molecular formula is C21H18ClN5S. The smallest absolute Gasteiger partial charge is 0.175 e. The molecule has 0 spiro atoms. The van der Waals surface area contributed by atoms with Crippen LogP contribution < -0.4 is 10.6 Å². The molecule has 0 aliphatic heterocycles. The number of rotatable bonds is 4. The highest BCUT2D eigenvalue weighted by Gasteiger charge is 2.11. The van der Waals surface area contributed by atoms with E-state index in [4.69, 9.17) is 23.8 Å². The maximum atomic E-state index is 6.49. The molecule has 0 saturated carbocycles. The van der Waals surface area contributed by atoms with E-state index in [2.05, 4.69) is 26.8 Å². The Morgan fingerprint density at radius 2 is 1.93 bits per heavy atom. The molecule has 0 atom stereocenters. The second-order valence-corrected chi connectivity index (χ2v) is 7.05. The Morgan fingerprint density at radius 1 is 1.11 bits per heavy atom. The lowest BCUT2D eigenvalue weighted by atomic mass is 10.0. The van der Waals surface area contributed by atoms with Crippen LogP contribution in [0.1, 0.15) is 6.92 Å². The largest absolute Gasteiger partial charge is 0.332 e. The van der Waals surface area contributed by atoms with Crippen molar-refractivity contribution in [3.8, 4) is 11.3 Å². The van der Waals surface area contributed by atoms with Crippen molar-refractivity contribution in [3.63, 3.8) is 0 Å². The molecule has 7 heteroatoms. The third-order valence-electron chi connectivity index (χ3n) is 4.37. The summed E-state index contributed by atoms with van der Waals surface area (Å²) in [7, 11) is 0. The zero-order valence-corrected chi connectivity index (χ0v) is 16.8. The lowest BCUT2D eigenvalue weighted by Crippen LogP contribution is -2.18. The zero-order chi connectivity index (χ0) is 19.5. The molecule has 0 unspecified atom stereocenters. The molecule has 0 bridgehead atoms. The van der Waals surface area contributed by atoms with E-state index >= 15 is 0 Å². The molecule has 0 radical (unpaired) electrons. The molecule has 2 N–H and O–H groups in total. The molecule has 2 aromatic carbocycles. The van der Waals surface area contributed by atoms with Crippen LogP contribution in [-0.2, 0) is 6.54 Å². The Bertz CT molecular complexity index is 1150. The standard InChI is InChI=1S/C21H18ClN5S/c1-2-27-13-16(12-24-27)26-21(28)25-15-7-8-19(22)18(11-15)20-17-6-4-3-5-14(17)9-10-23-20/h3-13H,2H2,1H3,(H2,25,26,28). The van der Waals surface area contributed by atoms with Crippen molar-refractivity contribution in [2.45, 2.75) is 13.5 Å². The van der Waals surface area contributed by atoms with Gasteiger partial charge in [0.05, 0.1) is 22.6 Å². The number of hydrogen-bond acceptors (Lipinski definition) is 3. The number of benzene rings is 2. The van der Waals surface area contributed by atoms with Crippen LogP contribution in [0, 0.1) is 0 Å². The van der Waals surface area contributed by atoms with Gasteiger partial charge in [0, 0.05) is 35.6 Å². The number of nitrogens with one attached hydrogen (secondary N) is 2. The molecule has 28 heavy (non-hydrogen) atoms. The minimum absolute atomic E-state index is 0.481. The van der Waals surface area contributed by atoms with E-state index in [9.17, 15) is 0 Å². The third kappa shape index (κ3) is 3.83. The Morgan fingerprint density at radius 3 is 2.75 bits per heavy atom. The first-order valence-electron chi connectivity index (χ1n) is 8.88. The van der Waals surface area contributed by atoms with E-state index in [0.717, 1.165) is 39.9 Å². The Kier molecular flexibility index (Phi) is 5.23. The average Bonchev–Trinajstić information content (AvgIpc) is 3.16. The van der Waals surface area contributed by atoms with Gasteiger partial charge in [0.1, 0.15) is 0 Å².